The summed E-state index contributed by atoms with van der Waals surface area (Å²) >= 11 is 2.05. The molecule has 0 N–H and O–H groups in total. The molecule has 0 spiro atoms. The normalized spacial score (nSPS) is 42.0. The molecule has 0 radical (unpaired) electrons. The highest BCUT2D eigenvalue weighted by atomic mass is 33.1. The topological polar surface area (TPSA) is 0 Å². The summed E-state index contributed by atoms with van der Waals surface area (Å²) in [7, 11) is 3.97. The molecule has 2 atom stereocenters. The Labute approximate surface area is 56.6 Å². The lowest BCUT2D eigenvalue weighted by molar-refractivity contribution is 1.38. The summed E-state index contributed by atoms with van der Waals surface area (Å²) in [6.45, 7) is 4.51. The molecule has 0 aliphatic carbocycles. The maximum absolute atomic E-state index is 2.26. The Morgan fingerprint density at radius 3 is 1.57 bits per heavy atom. The second-order valence-corrected chi connectivity index (χ2v) is 6.70. The second kappa shape index (κ2) is 2.55. The average molecular weight is 152 g/mol. The molecule has 7 heavy (non-hydrogen) atoms. The molecule has 42 valence electrons. The SMILES string of the molecule is C[C@@H]1SS[C@H](C)S1. The van der Waals surface area contributed by atoms with Crippen LogP contribution in [0.3, 0.4) is 0 Å². The summed E-state index contributed by atoms with van der Waals surface area (Å²) in [6.07, 6.45) is 0. The van der Waals surface area contributed by atoms with Gasteiger partial charge in [-0.1, -0.05) is 21.6 Å². The third-order valence-corrected chi connectivity index (χ3v) is 6.17. The van der Waals surface area contributed by atoms with E-state index in [2.05, 4.69) is 13.8 Å². The Morgan fingerprint density at radius 2 is 1.43 bits per heavy atom. The van der Waals surface area contributed by atoms with Gasteiger partial charge in [-0.05, 0) is 13.8 Å². The van der Waals surface area contributed by atoms with Crippen molar-refractivity contribution in [2.45, 2.75) is 23.0 Å². The van der Waals surface area contributed by atoms with E-state index in [4.69, 9.17) is 0 Å². The van der Waals surface area contributed by atoms with Gasteiger partial charge in [0.1, 0.15) is 0 Å². The highest BCUT2D eigenvalue weighted by Gasteiger charge is 2.18. The van der Waals surface area contributed by atoms with Gasteiger partial charge in [0.05, 0.1) is 9.16 Å². The highest BCUT2D eigenvalue weighted by Crippen LogP contribution is 2.49. The minimum Gasteiger partial charge on any atom is -0.132 e. The standard InChI is InChI=1S/C4H8S3/c1-3-5-4(2)7-6-3/h3-4H,1-2H3/t3-,4+. The van der Waals surface area contributed by atoms with Crippen molar-refractivity contribution in [3.05, 3.63) is 0 Å². The van der Waals surface area contributed by atoms with Crippen molar-refractivity contribution in [3.63, 3.8) is 0 Å². The van der Waals surface area contributed by atoms with Crippen LogP contribution in [0.25, 0.3) is 0 Å². The van der Waals surface area contributed by atoms with Crippen LogP contribution in [0.4, 0.5) is 0 Å². The molecule has 0 bridgehead atoms. The predicted molar refractivity (Wildman–Crippen MR) is 41.7 cm³/mol. The van der Waals surface area contributed by atoms with Gasteiger partial charge in [0.15, 0.2) is 0 Å². The monoisotopic (exact) mass is 152 g/mol. The van der Waals surface area contributed by atoms with Crippen LogP contribution >= 0.6 is 33.3 Å². The maximum atomic E-state index is 2.26. The molecule has 1 aliphatic heterocycles. The van der Waals surface area contributed by atoms with Crippen molar-refractivity contribution in [2.24, 2.45) is 0 Å². The van der Waals surface area contributed by atoms with Crippen LogP contribution in [-0.2, 0) is 0 Å². The quantitative estimate of drug-likeness (QED) is 0.490. The van der Waals surface area contributed by atoms with Crippen molar-refractivity contribution in [3.8, 4) is 0 Å². The lowest BCUT2D eigenvalue weighted by Crippen LogP contribution is -1.81. The van der Waals surface area contributed by atoms with Crippen LogP contribution in [-0.4, -0.2) is 9.16 Å². The molecule has 1 fully saturated rings. The molecule has 1 heterocycles. The Bertz CT molecular complexity index is 56.0. The molecule has 0 saturated carbocycles. The minimum absolute atomic E-state index is 0.819. The molecule has 3 heteroatoms. The molecule has 0 amide bonds. The third-order valence-electron chi connectivity index (χ3n) is 0.710. The van der Waals surface area contributed by atoms with Crippen LogP contribution < -0.4 is 0 Å². The summed E-state index contributed by atoms with van der Waals surface area (Å²) in [5.41, 5.74) is 0. The molecule has 0 aromatic heterocycles. The fraction of sp³-hybridized carbons (Fsp3) is 1.00. The number of hydrogen-bond donors (Lipinski definition) is 0. The average Bonchev–Trinajstić information content (AvgIpc) is 1.87. The van der Waals surface area contributed by atoms with E-state index in [1.165, 1.54) is 0 Å². The van der Waals surface area contributed by atoms with Gasteiger partial charge in [0.25, 0.3) is 0 Å². The summed E-state index contributed by atoms with van der Waals surface area (Å²) in [4.78, 5) is 0. The third kappa shape index (κ3) is 1.78. The summed E-state index contributed by atoms with van der Waals surface area (Å²) < 4.78 is 1.64. The van der Waals surface area contributed by atoms with Gasteiger partial charge in [-0.3, -0.25) is 0 Å². The van der Waals surface area contributed by atoms with E-state index in [-0.39, 0.29) is 0 Å². The molecule has 0 aromatic rings. The molecule has 1 saturated heterocycles. The van der Waals surface area contributed by atoms with Crippen molar-refractivity contribution in [1.82, 2.24) is 0 Å². The van der Waals surface area contributed by atoms with Crippen molar-refractivity contribution < 1.29 is 0 Å². The number of hydrogen-bond acceptors (Lipinski definition) is 3. The Morgan fingerprint density at radius 1 is 1.00 bits per heavy atom. The number of thioether (sulfide) groups is 1. The van der Waals surface area contributed by atoms with E-state index in [0.29, 0.717) is 0 Å². The first-order valence-electron chi connectivity index (χ1n) is 2.26. The molecular weight excluding hydrogens is 144 g/mol. The zero-order chi connectivity index (χ0) is 5.28. The van der Waals surface area contributed by atoms with E-state index < -0.39 is 0 Å². The van der Waals surface area contributed by atoms with Gasteiger partial charge >= 0.3 is 0 Å². The van der Waals surface area contributed by atoms with Crippen LogP contribution in [0.5, 0.6) is 0 Å². The summed E-state index contributed by atoms with van der Waals surface area (Å²) in [6, 6.07) is 0. The molecule has 1 aliphatic rings. The smallest absolute Gasteiger partial charge is 0.0589 e. The first-order chi connectivity index (χ1) is 3.29. The summed E-state index contributed by atoms with van der Waals surface area (Å²) in [5, 5.41) is 0. The van der Waals surface area contributed by atoms with Crippen molar-refractivity contribution in [1.29, 1.82) is 0 Å². The fourth-order valence-corrected chi connectivity index (χ4v) is 5.47. The Kier molecular flexibility index (Phi) is 2.25. The molecule has 0 nitrogen and oxygen atoms in total. The molecule has 0 aromatic carbocycles. The lowest BCUT2D eigenvalue weighted by Gasteiger charge is -1.93. The zero-order valence-corrected chi connectivity index (χ0v) is 6.83. The Balaban J connectivity index is 2.26. The van der Waals surface area contributed by atoms with Crippen LogP contribution in [0.2, 0.25) is 0 Å². The summed E-state index contributed by atoms with van der Waals surface area (Å²) in [5.74, 6) is 0. The highest BCUT2D eigenvalue weighted by molar-refractivity contribution is 8.82. The van der Waals surface area contributed by atoms with E-state index in [9.17, 15) is 0 Å². The molecular formula is C4H8S3. The first kappa shape index (κ1) is 6.17. The molecule has 0 unspecified atom stereocenters. The fourth-order valence-electron chi connectivity index (χ4n) is 0.472. The lowest BCUT2D eigenvalue weighted by atomic mass is 10.9. The largest absolute Gasteiger partial charge is 0.132 e. The van der Waals surface area contributed by atoms with Gasteiger partial charge in [0, 0.05) is 0 Å². The zero-order valence-electron chi connectivity index (χ0n) is 4.38. The van der Waals surface area contributed by atoms with Crippen LogP contribution in [0.1, 0.15) is 13.8 Å². The van der Waals surface area contributed by atoms with Gasteiger partial charge < -0.3 is 0 Å². The van der Waals surface area contributed by atoms with Crippen molar-refractivity contribution >= 4 is 33.3 Å². The van der Waals surface area contributed by atoms with Gasteiger partial charge in [-0.25, -0.2) is 0 Å². The van der Waals surface area contributed by atoms with Crippen LogP contribution in [0.15, 0.2) is 0 Å². The minimum atomic E-state index is 0.819. The predicted octanol–water partition coefficient (Wildman–Crippen LogP) is 2.81. The van der Waals surface area contributed by atoms with Gasteiger partial charge in [0.2, 0.25) is 0 Å². The maximum Gasteiger partial charge on any atom is 0.0589 e. The van der Waals surface area contributed by atoms with Crippen molar-refractivity contribution in [2.75, 3.05) is 0 Å². The second-order valence-electron chi connectivity index (χ2n) is 1.46. The Hall–Kier alpha value is 1.05. The van der Waals surface area contributed by atoms with E-state index >= 15 is 0 Å². The van der Waals surface area contributed by atoms with Crippen LogP contribution in [0, 0.1) is 0 Å². The first-order valence-corrected chi connectivity index (χ1v) is 5.48. The van der Waals surface area contributed by atoms with Gasteiger partial charge in [-0.2, -0.15) is 0 Å². The van der Waals surface area contributed by atoms with E-state index in [1.54, 1.807) is 0 Å². The number of rotatable bonds is 0. The van der Waals surface area contributed by atoms with E-state index in [0.717, 1.165) is 9.16 Å². The van der Waals surface area contributed by atoms with Gasteiger partial charge in [-0.15, -0.1) is 11.8 Å². The van der Waals surface area contributed by atoms with E-state index in [1.807, 2.05) is 33.3 Å². The molecule has 1 rings (SSSR count).